The smallest absolute Gasteiger partial charge is 0.293 e. The van der Waals surface area contributed by atoms with Crippen LogP contribution in [0, 0.1) is 6.92 Å². The quantitative estimate of drug-likeness (QED) is 0.460. The van der Waals surface area contributed by atoms with E-state index in [0.29, 0.717) is 17.7 Å². The van der Waals surface area contributed by atoms with Gasteiger partial charge < -0.3 is 9.64 Å². The molecule has 3 aromatic carbocycles. The van der Waals surface area contributed by atoms with Crippen molar-refractivity contribution in [3.8, 4) is 0 Å². The van der Waals surface area contributed by atoms with Gasteiger partial charge in [-0.05, 0) is 49.3 Å². The lowest BCUT2D eigenvalue weighted by molar-refractivity contribution is -0.128. The standard InChI is InChI=1S/C28H28N2O3/c1-19-7-11-21(12-8-19)24-15-29-26-6-4-5-23(27(26)28(24)32)25(17-33-18-31)22-13-9-20(10-14-22)16-30(2)3/h4-15,18,24-25H,16-17H2,1-3H3. The minimum atomic E-state index is -0.436. The van der Waals surface area contributed by atoms with Gasteiger partial charge in [0, 0.05) is 24.2 Å². The molecule has 5 heteroatoms. The molecule has 1 heterocycles. The summed E-state index contributed by atoms with van der Waals surface area (Å²) in [6.07, 6.45) is 1.73. The van der Waals surface area contributed by atoms with Crippen molar-refractivity contribution in [1.82, 2.24) is 4.90 Å². The molecule has 0 fully saturated rings. The molecular weight excluding hydrogens is 412 g/mol. The summed E-state index contributed by atoms with van der Waals surface area (Å²) in [5.74, 6) is -0.691. The third-order valence-corrected chi connectivity index (χ3v) is 5.99. The van der Waals surface area contributed by atoms with Crippen molar-refractivity contribution in [1.29, 1.82) is 0 Å². The number of aryl methyl sites for hydroxylation is 1. The molecule has 0 aromatic heterocycles. The van der Waals surface area contributed by atoms with Crippen LogP contribution in [-0.4, -0.2) is 44.1 Å². The fraction of sp³-hybridized carbons (Fsp3) is 0.250. The molecule has 1 aliphatic heterocycles. The first-order chi connectivity index (χ1) is 16.0. The second kappa shape index (κ2) is 9.92. The fourth-order valence-corrected chi connectivity index (χ4v) is 4.33. The Kier molecular flexibility index (Phi) is 6.80. The third-order valence-electron chi connectivity index (χ3n) is 5.99. The second-order valence-corrected chi connectivity index (χ2v) is 8.73. The average molecular weight is 441 g/mol. The van der Waals surface area contributed by atoms with E-state index in [2.05, 4.69) is 22.0 Å². The van der Waals surface area contributed by atoms with E-state index in [4.69, 9.17) is 4.74 Å². The number of fused-ring (bicyclic) bond motifs is 1. The first-order valence-electron chi connectivity index (χ1n) is 11.0. The molecule has 1 aliphatic rings. The minimum Gasteiger partial charge on any atom is -0.467 e. The molecular formula is C28H28N2O3. The monoisotopic (exact) mass is 440 g/mol. The van der Waals surface area contributed by atoms with Gasteiger partial charge >= 0.3 is 0 Å². The Bertz CT molecular complexity index is 1160. The maximum atomic E-state index is 13.7. The van der Waals surface area contributed by atoms with Gasteiger partial charge in [0.05, 0.1) is 11.6 Å². The summed E-state index contributed by atoms with van der Waals surface area (Å²) in [7, 11) is 4.06. The zero-order chi connectivity index (χ0) is 23.4. The summed E-state index contributed by atoms with van der Waals surface area (Å²) >= 11 is 0. The van der Waals surface area contributed by atoms with E-state index in [-0.39, 0.29) is 18.3 Å². The van der Waals surface area contributed by atoms with E-state index in [1.54, 1.807) is 6.21 Å². The third kappa shape index (κ3) is 4.94. The number of benzene rings is 3. The van der Waals surface area contributed by atoms with E-state index >= 15 is 0 Å². The van der Waals surface area contributed by atoms with Crippen molar-refractivity contribution in [3.05, 3.63) is 100 Å². The zero-order valence-electron chi connectivity index (χ0n) is 19.2. The highest BCUT2D eigenvalue weighted by Crippen LogP contribution is 2.38. The van der Waals surface area contributed by atoms with Crippen LogP contribution in [-0.2, 0) is 16.1 Å². The van der Waals surface area contributed by atoms with Gasteiger partial charge in [0.15, 0.2) is 5.78 Å². The number of carbonyl (C=O) groups is 2. The van der Waals surface area contributed by atoms with Crippen molar-refractivity contribution >= 4 is 24.2 Å². The lowest BCUT2D eigenvalue weighted by atomic mass is 9.81. The van der Waals surface area contributed by atoms with Gasteiger partial charge in [-0.25, -0.2) is 0 Å². The number of hydrogen-bond donors (Lipinski definition) is 0. The zero-order valence-corrected chi connectivity index (χ0v) is 19.2. The maximum absolute atomic E-state index is 13.7. The van der Waals surface area contributed by atoms with Crippen LogP contribution in [0.15, 0.2) is 71.7 Å². The van der Waals surface area contributed by atoms with Crippen LogP contribution in [0.4, 0.5) is 5.69 Å². The normalized spacial score (nSPS) is 15.9. The molecule has 0 saturated heterocycles. The van der Waals surface area contributed by atoms with Crippen LogP contribution < -0.4 is 0 Å². The van der Waals surface area contributed by atoms with Crippen LogP contribution in [0.2, 0.25) is 0 Å². The molecule has 3 aromatic rings. The number of Topliss-reactive ketones (excluding diaryl/α,β-unsaturated/α-hetero) is 1. The summed E-state index contributed by atoms with van der Waals surface area (Å²) in [4.78, 5) is 31.5. The van der Waals surface area contributed by atoms with E-state index in [9.17, 15) is 9.59 Å². The first kappa shape index (κ1) is 22.6. The number of ketones is 1. The molecule has 2 unspecified atom stereocenters. The number of aliphatic imine (C=N–C) groups is 1. The van der Waals surface area contributed by atoms with Gasteiger partial charge in [-0.15, -0.1) is 0 Å². The second-order valence-electron chi connectivity index (χ2n) is 8.73. The largest absolute Gasteiger partial charge is 0.467 e. The predicted molar refractivity (Wildman–Crippen MR) is 131 cm³/mol. The first-order valence-corrected chi connectivity index (χ1v) is 11.0. The van der Waals surface area contributed by atoms with E-state index in [1.165, 1.54) is 5.56 Å². The number of carbonyl (C=O) groups excluding carboxylic acids is 2. The Labute approximate surface area is 194 Å². The molecule has 0 radical (unpaired) electrons. The van der Waals surface area contributed by atoms with Gasteiger partial charge in [0.2, 0.25) is 0 Å². The molecule has 168 valence electrons. The highest BCUT2D eigenvalue weighted by Gasteiger charge is 2.31. The Hall–Kier alpha value is -3.57. The van der Waals surface area contributed by atoms with Crippen LogP contribution in [0.3, 0.4) is 0 Å². The number of hydrogen-bond acceptors (Lipinski definition) is 5. The predicted octanol–water partition coefficient (Wildman–Crippen LogP) is 5.04. The molecule has 0 bridgehead atoms. The number of rotatable bonds is 8. The Balaban J connectivity index is 1.74. The van der Waals surface area contributed by atoms with Crippen LogP contribution in [0.5, 0.6) is 0 Å². The van der Waals surface area contributed by atoms with Crippen LogP contribution in [0.25, 0.3) is 0 Å². The topological polar surface area (TPSA) is 59.0 Å². The van der Waals surface area contributed by atoms with Crippen LogP contribution >= 0.6 is 0 Å². The molecule has 2 atom stereocenters. The molecule has 4 rings (SSSR count). The molecule has 5 nitrogen and oxygen atoms in total. The number of nitrogens with zero attached hydrogens (tertiary/aromatic N) is 2. The summed E-state index contributed by atoms with van der Waals surface area (Å²) in [5.41, 5.74) is 6.32. The van der Waals surface area contributed by atoms with Gasteiger partial charge in [-0.3, -0.25) is 14.6 Å². The van der Waals surface area contributed by atoms with Gasteiger partial charge in [0.25, 0.3) is 6.47 Å². The molecule has 0 aliphatic carbocycles. The van der Waals surface area contributed by atoms with Crippen molar-refractivity contribution in [3.63, 3.8) is 0 Å². The minimum absolute atomic E-state index is 0.0137. The van der Waals surface area contributed by atoms with Crippen LogP contribution in [0.1, 0.15) is 50.0 Å². The highest BCUT2D eigenvalue weighted by molar-refractivity contribution is 6.16. The molecule has 0 N–H and O–H groups in total. The SMILES string of the molecule is Cc1ccc(C2C=Nc3cccc(C(COC=O)c4ccc(CN(C)C)cc4)c3C2=O)cc1. The van der Waals surface area contributed by atoms with Gasteiger partial charge in [-0.1, -0.05) is 66.2 Å². The number of ether oxygens (including phenoxy) is 1. The van der Waals surface area contributed by atoms with E-state index < -0.39 is 5.92 Å². The Morgan fingerprint density at radius 1 is 1.03 bits per heavy atom. The van der Waals surface area contributed by atoms with Crippen molar-refractivity contribution in [2.24, 2.45) is 4.99 Å². The molecule has 0 saturated carbocycles. The summed E-state index contributed by atoms with van der Waals surface area (Å²) < 4.78 is 5.21. The maximum Gasteiger partial charge on any atom is 0.293 e. The molecule has 33 heavy (non-hydrogen) atoms. The average Bonchev–Trinajstić information content (AvgIpc) is 2.81. The molecule has 0 amide bonds. The Morgan fingerprint density at radius 3 is 2.42 bits per heavy atom. The summed E-state index contributed by atoms with van der Waals surface area (Å²) in [6, 6.07) is 21.9. The molecule has 0 spiro atoms. The van der Waals surface area contributed by atoms with Gasteiger partial charge in [0.1, 0.15) is 6.61 Å². The van der Waals surface area contributed by atoms with Crippen molar-refractivity contribution in [2.75, 3.05) is 20.7 Å². The summed E-state index contributed by atoms with van der Waals surface area (Å²) in [6.45, 7) is 3.47. The fourth-order valence-electron chi connectivity index (χ4n) is 4.33. The van der Waals surface area contributed by atoms with E-state index in [1.807, 2.05) is 75.6 Å². The van der Waals surface area contributed by atoms with Gasteiger partial charge in [-0.2, -0.15) is 0 Å². The summed E-state index contributed by atoms with van der Waals surface area (Å²) in [5, 5.41) is 0. The lowest BCUT2D eigenvalue weighted by Crippen LogP contribution is -2.22. The Morgan fingerprint density at radius 2 is 1.76 bits per heavy atom. The lowest BCUT2D eigenvalue weighted by Gasteiger charge is -2.25. The van der Waals surface area contributed by atoms with Crippen molar-refractivity contribution < 1.29 is 14.3 Å². The van der Waals surface area contributed by atoms with Crippen molar-refractivity contribution in [2.45, 2.75) is 25.3 Å². The highest BCUT2D eigenvalue weighted by atomic mass is 16.5. The van der Waals surface area contributed by atoms with E-state index in [0.717, 1.165) is 28.8 Å².